The second-order valence-corrected chi connectivity index (χ2v) is 4.90. The van der Waals surface area contributed by atoms with Crippen LogP contribution < -0.4 is 0 Å². The first-order valence-corrected chi connectivity index (χ1v) is 5.37. The van der Waals surface area contributed by atoms with E-state index >= 15 is 0 Å². The number of carbonyl (C=O) groups excluding carboxylic acids is 1. The summed E-state index contributed by atoms with van der Waals surface area (Å²) in [5, 5.41) is 0. The first kappa shape index (κ1) is 8.98. The van der Waals surface area contributed by atoms with Gasteiger partial charge in [0.15, 0.2) is 0 Å². The topological polar surface area (TPSA) is 17.1 Å². The lowest BCUT2D eigenvalue weighted by atomic mass is 9.77. The van der Waals surface area contributed by atoms with Crippen LogP contribution in [0.5, 0.6) is 0 Å². The molecule has 2 rings (SSSR count). The molecule has 0 radical (unpaired) electrons. The molecule has 1 fully saturated rings. The van der Waals surface area contributed by atoms with E-state index in [-0.39, 0.29) is 0 Å². The molecule has 0 aromatic heterocycles. The van der Waals surface area contributed by atoms with Gasteiger partial charge in [0.25, 0.3) is 0 Å². The molecule has 3 atom stereocenters. The Kier molecular flexibility index (Phi) is 2.27. The lowest BCUT2D eigenvalue weighted by Gasteiger charge is -2.28. The van der Waals surface area contributed by atoms with E-state index in [1.165, 1.54) is 6.42 Å². The summed E-state index contributed by atoms with van der Waals surface area (Å²) >= 11 is 0. The number of Topliss-reactive ketones (excluding diaryl/α,β-unsaturated/α-hetero) is 1. The zero-order valence-electron chi connectivity index (χ0n) is 8.49. The number of ketones is 1. The van der Waals surface area contributed by atoms with Crippen LogP contribution in [0.4, 0.5) is 0 Å². The molecule has 0 aliphatic heterocycles. The highest BCUT2D eigenvalue weighted by Gasteiger charge is 2.35. The molecule has 0 amide bonds. The van der Waals surface area contributed by atoms with Gasteiger partial charge in [0.05, 0.1) is 0 Å². The first-order valence-electron chi connectivity index (χ1n) is 5.37. The maximum atomic E-state index is 11.3. The van der Waals surface area contributed by atoms with Crippen LogP contribution in [-0.2, 0) is 4.79 Å². The number of allylic oxidation sites excluding steroid dienone is 2. The second kappa shape index (κ2) is 3.28. The fourth-order valence-electron chi connectivity index (χ4n) is 2.65. The van der Waals surface area contributed by atoms with E-state index in [4.69, 9.17) is 0 Å². The predicted octanol–water partition coefficient (Wildman–Crippen LogP) is 2.81. The quantitative estimate of drug-likeness (QED) is 0.564. The molecule has 3 unspecified atom stereocenters. The summed E-state index contributed by atoms with van der Waals surface area (Å²) in [5.74, 6) is 3.18. The van der Waals surface area contributed by atoms with Gasteiger partial charge in [-0.05, 0) is 30.1 Å². The van der Waals surface area contributed by atoms with Crippen LogP contribution in [0.3, 0.4) is 0 Å². The van der Waals surface area contributed by atoms with Gasteiger partial charge >= 0.3 is 0 Å². The van der Waals surface area contributed by atoms with Crippen LogP contribution in [0.1, 0.15) is 33.1 Å². The summed E-state index contributed by atoms with van der Waals surface area (Å²) in [6.07, 6.45) is 7.53. The van der Waals surface area contributed by atoms with Crippen LogP contribution in [0.25, 0.3) is 0 Å². The minimum atomic E-state index is 0.476. The van der Waals surface area contributed by atoms with Gasteiger partial charge in [-0.15, -0.1) is 0 Å². The third-order valence-corrected chi connectivity index (χ3v) is 3.60. The predicted molar refractivity (Wildman–Crippen MR) is 53.3 cm³/mol. The third kappa shape index (κ3) is 1.70. The Balaban J connectivity index is 2.07. The summed E-state index contributed by atoms with van der Waals surface area (Å²) in [7, 11) is 0. The molecule has 13 heavy (non-hydrogen) atoms. The third-order valence-electron chi connectivity index (χ3n) is 3.60. The molecule has 0 N–H and O–H groups in total. The smallest absolute Gasteiger partial charge is 0.133 e. The van der Waals surface area contributed by atoms with Gasteiger partial charge < -0.3 is 0 Å². The van der Waals surface area contributed by atoms with Crippen molar-refractivity contribution in [1.82, 2.24) is 0 Å². The SMILES string of the molecule is CC(C)C1C=CC2CC(=O)CC2C1. The number of fused-ring (bicyclic) bond motifs is 1. The molecule has 0 saturated heterocycles. The average molecular weight is 178 g/mol. The maximum Gasteiger partial charge on any atom is 0.133 e. The van der Waals surface area contributed by atoms with Gasteiger partial charge in [0, 0.05) is 12.8 Å². The molecule has 0 aromatic rings. The van der Waals surface area contributed by atoms with Crippen LogP contribution >= 0.6 is 0 Å². The molecule has 2 aliphatic carbocycles. The molecule has 0 bridgehead atoms. The van der Waals surface area contributed by atoms with Crippen LogP contribution in [0, 0.1) is 23.7 Å². The minimum absolute atomic E-state index is 0.476. The molecule has 0 aromatic carbocycles. The Hall–Kier alpha value is -0.590. The first-order chi connectivity index (χ1) is 6.16. The van der Waals surface area contributed by atoms with E-state index < -0.39 is 0 Å². The Labute approximate surface area is 80.2 Å². The highest BCUT2D eigenvalue weighted by Crippen LogP contribution is 2.40. The molecule has 1 saturated carbocycles. The minimum Gasteiger partial charge on any atom is -0.300 e. The molecule has 0 spiro atoms. The van der Waals surface area contributed by atoms with Crippen LogP contribution in [0.15, 0.2) is 12.2 Å². The number of hydrogen-bond acceptors (Lipinski definition) is 1. The van der Waals surface area contributed by atoms with Crippen molar-refractivity contribution in [2.75, 3.05) is 0 Å². The molecule has 1 nitrogen and oxygen atoms in total. The van der Waals surface area contributed by atoms with Gasteiger partial charge in [0.2, 0.25) is 0 Å². The summed E-state index contributed by atoms with van der Waals surface area (Å²) in [6.45, 7) is 4.54. The normalized spacial score (nSPS) is 38.4. The Morgan fingerprint density at radius 2 is 2.08 bits per heavy atom. The van der Waals surface area contributed by atoms with Crippen molar-refractivity contribution in [1.29, 1.82) is 0 Å². The van der Waals surface area contributed by atoms with Gasteiger partial charge in [-0.3, -0.25) is 4.79 Å². The van der Waals surface area contributed by atoms with Crippen molar-refractivity contribution in [3.8, 4) is 0 Å². The molecule has 0 heterocycles. The molecular weight excluding hydrogens is 160 g/mol. The van der Waals surface area contributed by atoms with Gasteiger partial charge in [-0.25, -0.2) is 0 Å². The van der Waals surface area contributed by atoms with Crippen molar-refractivity contribution in [2.45, 2.75) is 33.1 Å². The van der Waals surface area contributed by atoms with E-state index in [1.807, 2.05) is 0 Å². The van der Waals surface area contributed by atoms with E-state index in [0.717, 1.165) is 18.8 Å². The van der Waals surface area contributed by atoms with Crippen molar-refractivity contribution in [3.63, 3.8) is 0 Å². The summed E-state index contributed by atoms with van der Waals surface area (Å²) in [5.41, 5.74) is 0. The van der Waals surface area contributed by atoms with Gasteiger partial charge in [-0.2, -0.15) is 0 Å². The van der Waals surface area contributed by atoms with E-state index in [1.54, 1.807) is 0 Å². The van der Waals surface area contributed by atoms with E-state index in [2.05, 4.69) is 26.0 Å². The molecule has 1 heteroatoms. The number of hydrogen-bond donors (Lipinski definition) is 0. The second-order valence-electron chi connectivity index (χ2n) is 4.90. The summed E-state index contributed by atoms with van der Waals surface area (Å²) in [4.78, 5) is 11.3. The lowest BCUT2D eigenvalue weighted by Crippen LogP contribution is -2.19. The average Bonchev–Trinajstić information content (AvgIpc) is 2.42. The van der Waals surface area contributed by atoms with Crippen molar-refractivity contribution in [2.24, 2.45) is 23.7 Å². The maximum absolute atomic E-state index is 11.3. The standard InChI is InChI=1S/C12H18O/c1-8(2)9-3-4-10-6-12(13)7-11(10)5-9/h3-4,8-11H,5-7H2,1-2H3. The van der Waals surface area contributed by atoms with Crippen molar-refractivity contribution >= 4 is 5.78 Å². The summed E-state index contributed by atoms with van der Waals surface area (Å²) in [6, 6.07) is 0. The molecule has 72 valence electrons. The van der Waals surface area contributed by atoms with Crippen LogP contribution in [0.2, 0.25) is 0 Å². The van der Waals surface area contributed by atoms with Crippen LogP contribution in [-0.4, -0.2) is 5.78 Å². The Morgan fingerprint density at radius 1 is 1.31 bits per heavy atom. The highest BCUT2D eigenvalue weighted by molar-refractivity contribution is 5.81. The van der Waals surface area contributed by atoms with Gasteiger partial charge in [-0.1, -0.05) is 26.0 Å². The Bertz CT molecular complexity index is 240. The monoisotopic (exact) mass is 178 g/mol. The van der Waals surface area contributed by atoms with Gasteiger partial charge in [0.1, 0.15) is 5.78 Å². The Morgan fingerprint density at radius 3 is 2.77 bits per heavy atom. The number of rotatable bonds is 1. The van der Waals surface area contributed by atoms with E-state index in [0.29, 0.717) is 23.5 Å². The van der Waals surface area contributed by atoms with Crippen molar-refractivity contribution in [3.05, 3.63) is 12.2 Å². The molecule has 2 aliphatic rings. The van der Waals surface area contributed by atoms with Crippen molar-refractivity contribution < 1.29 is 4.79 Å². The highest BCUT2D eigenvalue weighted by atomic mass is 16.1. The zero-order chi connectivity index (χ0) is 9.42. The summed E-state index contributed by atoms with van der Waals surface area (Å²) < 4.78 is 0. The van der Waals surface area contributed by atoms with E-state index in [9.17, 15) is 4.79 Å². The molecular formula is C12H18O. The largest absolute Gasteiger partial charge is 0.300 e. The fourth-order valence-corrected chi connectivity index (χ4v) is 2.65. The zero-order valence-corrected chi connectivity index (χ0v) is 8.49. The lowest BCUT2D eigenvalue weighted by molar-refractivity contribution is -0.117. The fraction of sp³-hybridized carbons (Fsp3) is 0.750. The number of carbonyl (C=O) groups is 1.